The van der Waals surface area contributed by atoms with Gasteiger partial charge in [-0.25, -0.2) is 4.68 Å². The Morgan fingerprint density at radius 3 is 2.53 bits per heavy atom. The van der Waals surface area contributed by atoms with E-state index in [0.29, 0.717) is 5.92 Å². The van der Waals surface area contributed by atoms with Gasteiger partial charge in [0.15, 0.2) is 0 Å². The summed E-state index contributed by atoms with van der Waals surface area (Å²) in [5.74, 6) is 0.675. The summed E-state index contributed by atoms with van der Waals surface area (Å²) in [4.78, 5) is 0. The molecule has 0 saturated heterocycles. The van der Waals surface area contributed by atoms with E-state index in [1.165, 1.54) is 24.2 Å². The van der Waals surface area contributed by atoms with Gasteiger partial charge in [0, 0.05) is 6.54 Å². The second-order valence-electron chi connectivity index (χ2n) is 4.50. The summed E-state index contributed by atoms with van der Waals surface area (Å²) in [7, 11) is 0. The summed E-state index contributed by atoms with van der Waals surface area (Å²) < 4.78 is 2.05. The molecule has 1 rings (SSSR count). The number of rotatable bonds is 6. The van der Waals surface area contributed by atoms with Crippen LogP contribution in [-0.2, 0) is 19.4 Å². The number of hydrogen-bond donors (Lipinski definition) is 0. The molecule has 0 aliphatic carbocycles. The third kappa shape index (κ3) is 3.33. The molecule has 0 spiro atoms. The van der Waals surface area contributed by atoms with Gasteiger partial charge in [-0.1, -0.05) is 32.4 Å². The zero-order valence-corrected chi connectivity index (χ0v) is 10.5. The maximum absolute atomic E-state index is 4.29. The van der Waals surface area contributed by atoms with Crippen LogP contribution in [0.25, 0.3) is 0 Å². The maximum atomic E-state index is 4.29. The van der Waals surface area contributed by atoms with Gasteiger partial charge in [0.1, 0.15) is 0 Å². The Balaban J connectivity index is 2.80. The van der Waals surface area contributed by atoms with Crippen LogP contribution in [0.4, 0.5) is 0 Å². The van der Waals surface area contributed by atoms with E-state index >= 15 is 0 Å². The van der Waals surface area contributed by atoms with Gasteiger partial charge >= 0.3 is 0 Å². The van der Waals surface area contributed by atoms with Crippen molar-refractivity contribution in [3.8, 4) is 0 Å². The fourth-order valence-corrected chi connectivity index (χ4v) is 1.77. The third-order valence-corrected chi connectivity index (χ3v) is 2.59. The van der Waals surface area contributed by atoms with E-state index in [1.807, 2.05) is 4.68 Å². The topological polar surface area (TPSA) is 30.7 Å². The molecular formula is C12H23N3. The van der Waals surface area contributed by atoms with Crippen LogP contribution in [0.3, 0.4) is 0 Å². The van der Waals surface area contributed by atoms with Gasteiger partial charge in [-0.3, -0.25) is 0 Å². The largest absolute Gasteiger partial charge is 0.249 e. The van der Waals surface area contributed by atoms with Crippen LogP contribution in [-0.4, -0.2) is 15.0 Å². The molecule has 0 aliphatic rings. The molecule has 15 heavy (non-hydrogen) atoms. The first-order valence-corrected chi connectivity index (χ1v) is 6.10. The van der Waals surface area contributed by atoms with E-state index in [4.69, 9.17) is 0 Å². The summed E-state index contributed by atoms with van der Waals surface area (Å²) >= 11 is 0. The van der Waals surface area contributed by atoms with Crippen molar-refractivity contribution < 1.29 is 0 Å². The third-order valence-electron chi connectivity index (χ3n) is 2.59. The van der Waals surface area contributed by atoms with Crippen molar-refractivity contribution >= 4 is 0 Å². The van der Waals surface area contributed by atoms with Gasteiger partial charge in [0.05, 0.1) is 11.4 Å². The number of unbranched alkanes of at least 4 members (excludes halogenated alkanes) is 1. The predicted molar refractivity (Wildman–Crippen MR) is 62.9 cm³/mol. The van der Waals surface area contributed by atoms with E-state index in [9.17, 15) is 0 Å². The summed E-state index contributed by atoms with van der Waals surface area (Å²) in [6.07, 6.45) is 4.62. The Morgan fingerprint density at radius 2 is 2.00 bits per heavy atom. The van der Waals surface area contributed by atoms with Crippen LogP contribution in [0.5, 0.6) is 0 Å². The molecule has 0 atom stereocenters. The second kappa shape index (κ2) is 5.89. The molecule has 3 nitrogen and oxygen atoms in total. The first-order valence-electron chi connectivity index (χ1n) is 6.10. The maximum Gasteiger partial charge on any atom is 0.0859 e. The highest BCUT2D eigenvalue weighted by Crippen LogP contribution is 2.14. The van der Waals surface area contributed by atoms with Crippen molar-refractivity contribution in [2.24, 2.45) is 5.92 Å². The van der Waals surface area contributed by atoms with Gasteiger partial charge < -0.3 is 0 Å². The lowest BCUT2D eigenvalue weighted by molar-refractivity contribution is 0.551. The molecule has 86 valence electrons. The first kappa shape index (κ1) is 12.2. The SMILES string of the molecule is CCCCc1nnn(CC)c1CC(C)C. The molecule has 1 heterocycles. The minimum Gasteiger partial charge on any atom is -0.249 e. The summed E-state index contributed by atoms with van der Waals surface area (Å²) in [5, 5.41) is 8.50. The van der Waals surface area contributed by atoms with Crippen LogP contribution >= 0.6 is 0 Å². The molecule has 3 heteroatoms. The highest BCUT2D eigenvalue weighted by atomic mass is 15.4. The number of nitrogens with zero attached hydrogens (tertiary/aromatic N) is 3. The highest BCUT2D eigenvalue weighted by Gasteiger charge is 2.12. The standard InChI is InChI=1S/C12H23N3/c1-5-7-8-11-12(9-10(3)4)15(6-2)14-13-11/h10H,5-9H2,1-4H3. The zero-order valence-electron chi connectivity index (χ0n) is 10.5. The number of aromatic nitrogens is 3. The fraction of sp³-hybridized carbons (Fsp3) is 0.833. The molecule has 0 amide bonds. The Labute approximate surface area is 92.9 Å². The molecule has 1 aromatic rings. The molecule has 0 bridgehead atoms. The summed E-state index contributed by atoms with van der Waals surface area (Å²) in [6, 6.07) is 0. The predicted octanol–water partition coefficient (Wildman–Crippen LogP) is 2.84. The van der Waals surface area contributed by atoms with Gasteiger partial charge in [-0.05, 0) is 32.1 Å². The van der Waals surface area contributed by atoms with E-state index in [-0.39, 0.29) is 0 Å². The van der Waals surface area contributed by atoms with Crippen molar-refractivity contribution in [1.29, 1.82) is 0 Å². The molecule has 0 N–H and O–H groups in total. The lowest BCUT2D eigenvalue weighted by Crippen LogP contribution is -2.07. The van der Waals surface area contributed by atoms with Gasteiger partial charge in [0.2, 0.25) is 0 Å². The smallest absolute Gasteiger partial charge is 0.0859 e. The number of hydrogen-bond acceptors (Lipinski definition) is 2. The van der Waals surface area contributed by atoms with E-state index in [2.05, 4.69) is 38.0 Å². The zero-order chi connectivity index (χ0) is 11.3. The Bertz CT molecular complexity index is 289. The van der Waals surface area contributed by atoms with E-state index < -0.39 is 0 Å². The molecule has 0 fully saturated rings. The van der Waals surface area contributed by atoms with Gasteiger partial charge in [-0.15, -0.1) is 5.10 Å². The molecule has 1 aromatic heterocycles. The van der Waals surface area contributed by atoms with Gasteiger partial charge in [0.25, 0.3) is 0 Å². The molecule has 0 saturated carbocycles. The molecular weight excluding hydrogens is 186 g/mol. The molecule has 0 aliphatic heterocycles. The van der Waals surface area contributed by atoms with Crippen LogP contribution in [0.1, 0.15) is 51.9 Å². The Hall–Kier alpha value is -0.860. The van der Waals surface area contributed by atoms with Gasteiger partial charge in [-0.2, -0.15) is 0 Å². The quantitative estimate of drug-likeness (QED) is 0.721. The van der Waals surface area contributed by atoms with Crippen LogP contribution in [0, 0.1) is 5.92 Å². The second-order valence-corrected chi connectivity index (χ2v) is 4.50. The summed E-state index contributed by atoms with van der Waals surface area (Å²) in [6.45, 7) is 9.77. The minimum absolute atomic E-state index is 0.675. The van der Waals surface area contributed by atoms with E-state index in [0.717, 1.165) is 19.4 Å². The Kier molecular flexibility index (Phi) is 4.79. The first-order chi connectivity index (χ1) is 7.19. The van der Waals surface area contributed by atoms with Crippen molar-refractivity contribution in [2.45, 2.75) is 59.9 Å². The van der Waals surface area contributed by atoms with Crippen molar-refractivity contribution in [1.82, 2.24) is 15.0 Å². The normalized spacial score (nSPS) is 11.3. The van der Waals surface area contributed by atoms with Crippen LogP contribution in [0.2, 0.25) is 0 Å². The highest BCUT2D eigenvalue weighted by molar-refractivity contribution is 5.11. The minimum atomic E-state index is 0.675. The monoisotopic (exact) mass is 209 g/mol. The average molecular weight is 209 g/mol. The van der Waals surface area contributed by atoms with E-state index in [1.54, 1.807) is 0 Å². The Morgan fingerprint density at radius 1 is 1.27 bits per heavy atom. The van der Waals surface area contributed by atoms with Crippen LogP contribution < -0.4 is 0 Å². The number of aryl methyl sites for hydroxylation is 2. The fourth-order valence-electron chi connectivity index (χ4n) is 1.77. The molecule has 0 aromatic carbocycles. The van der Waals surface area contributed by atoms with Crippen LogP contribution in [0.15, 0.2) is 0 Å². The lowest BCUT2D eigenvalue weighted by Gasteiger charge is -2.08. The van der Waals surface area contributed by atoms with Crippen molar-refractivity contribution in [3.63, 3.8) is 0 Å². The lowest BCUT2D eigenvalue weighted by atomic mass is 10.0. The van der Waals surface area contributed by atoms with Crippen molar-refractivity contribution in [3.05, 3.63) is 11.4 Å². The van der Waals surface area contributed by atoms with Crippen molar-refractivity contribution in [2.75, 3.05) is 0 Å². The molecule has 0 unspecified atom stereocenters. The summed E-state index contributed by atoms with van der Waals surface area (Å²) in [5.41, 5.74) is 2.56. The average Bonchev–Trinajstić information content (AvgIpc) is 2.57. The molecule has 0 radical (unpaired) electrons.